The van der Waals surface area contributed by atoms with Crippen LogP contribution in [0.2, 0.25) is 0 Å². The maximum Gasteiger partial charge on any atom is 0.264 e. The average Bonchev–Trinajstić information content (AvgIpc) is 3.66. The maximum atomic E-state index is 2.84. The summed E-state index contributed by atoms with van der Waals surface area (Å²) in [5, 5.41) is 1.36. The molecule has 0 saturated heterocycles. The molecule has 0 bridgehead atoms. The zero-order valence-corrected chi connectivity index (χ0v) is 45.3. The first kappa shape index (κ1) is 45.1. The third-order valence-corrected chi connectivity index (χ3v) is 19.3. The lowest BCUT2D eigenvalue weighted by atomic mass is 9.35. The first-order chi connectivity index (χ1) is 32.2. The molecule has 1 aromatic heterocycles. The number of anilines is 6. The Bertz CT molecular complexity index is 3340. The quantitative estimate of drug-likeness (QED) is 0.159. The summed E-state index contributed by atoms with van der Waals surface area (Å²) in [6.07, 6.45) is 4.71. The SMILES string of the molecule is CC(C)(C)c1ccc(N2c3cc(C(C)(C)C)cc4c3B(c3ccc5c6c3N4c3cc4c(cc3C6(C)CCC5(C)C)C(C)(C)CCC4(C)C)c3sc4ccc(C(C)(C)C)cc4c32)c(-c2ccccc2)c1. The van der Waals surface area contributed by atoms with E-state index in [1.807, 2.05) is 11.3 Å². The van der Waals surface area contributed by atoms with Crippen molar-refractivity contribution in [3.63, 3.8) is 0 Å². The lowest BCUT2D eigenvalue weighted by Crippen LogP contribution is -2.62. The van der Waals surface area contributed by atoms with Crippen LogP contribution < -0.4 is 25.5 Å². The van der Waals surface area contributed by atoms with E-state index in [0.717, 1.165) is 6.42 Å². The molecule has 7 aromatic rings. The first-order valence-electron chi connectivity index (χ1n) is 26.1. The fourth-order valence-corrected chi connectivity index (χ4v) is 14.8. The minimum absolute atomic E-state index is 0.00181. The van der Waals surface area contributed by atoms with Crippen LogP contribution in [-0.2, 0) is 37.9 Å². The molecule has 6 aromatic carbocycles. The van der Waals surface area contributed by atoms with Crippen molar-refractivity contribution >= 4 is 78.0 Å². The largest absolute Gasteiger partial charge is 0.311 e. The highest BCUT2D eigenvalue weighted by Crippen LogP contribution is 2.63. The number of hydrogen-bond acceptors (Lipinski definition) is 3. The maximum absolute atomic E-state index is 2.84. The fourth-order valence-electron chi connectivity index (χ4n) is 13.5. The third-order valence-electron chi connectivity index (χ3n) is 18.1. The topological polar surface area (TPSA) is 6.48 Å². The molecule has 4 heteroatoms. The predicted octanol–water partition coefficient (Wildman–Crippen LogP) is 16.6. The van der Waals surface area contributed by atoms with Crippen LogP contribution in [0, 0.1) is 0 Å². The Balaban J connectivity index is 1.26. The monoisotopic (exact) mass is 925 g/mol. The van der Waals surface area contributed by atoms with Gasteiger partial charge in [0.05, 0.1) is 17.1 Å². The molecule has 0 amide bonds. The molecule has 0 saturated carbocycles. The zero-order chi connectivity index (χ0) is 48.9. The molecule has 12 rings (SSSR count). The van der Waals surface area contributed by atoms with E-state index >= 15 is 0 Å². The number of hydrogen-bond donors (Lipinski definition) is 0. The molecular formula is C65H73BN2S. The summed E-state index contributed by atoms with van der Waals surface area (Å²) in [6, 6.07) is 41.9. The molecule has 2 nitrogen and oxygen atoms in total. The summed E-state index contributed by atoms with van der Waals surface area (Å²) in [5.41, 5.74) is 25.4. The van der Waals surface area contributed by atoms with Gasteiger partial charge >= 0.3 is 0 Å². The Labute approximate surface area is 418 Å². The van der Waals surface area contributed by atoms with E-state index in [0.29, 0.717) is 0 Å². The summed E-state index contributed by atoms with van der Waals surface area (Å²) in [4.78, 5) is 5.59. The molecular weight excluding hydrogens is 852 g/mol. The van der Waals surface area contributed by atoms with Crippen molar-refractivity contribution in [3.05, 3.63) is 148 Å². The molecule has 352 valence electrons. The molecule has 0 N–H and O–H groups in total. The van der Waals surface area contributed by atoms with Gasteiger partial charge in [-0.05, 0) is 162 Å². The number of rotatable bonds is 2. The van der Waals surface area contributed by atoms with E-state index in [9.17, 15) is 0 Å². The summed E-state index contributed by atoms with van der Waals surface area (Å²) in [7, 11) is 0. The Morgan fingerprint density at radius 1 is 0.478 bits per heavy atom. The van der Waals surface area contributed by atoms with Crippen molar-refractivity contribution in [2.45, 2.75) is 174 Å². The van der Waals surface area contributed by atoms with Gasteiger partial charge in [0.1, 0.15) is 0 Å². The highest BCUT2D eigenvalue weighted by Gasteiger charge is 2.55. The molecule has 4 heterocycles. The summed E-state index contributed by atoms with van der Waals surface area (Å²) >= 11 is 2.04. The predicted molar refractivity (Wildman–Crippen MR) is 301 cm³/mol. The third kappa shape index (κ3) is 6.35. The Morgan fingerprint density at radius 2 is 1.04 bits per heavy atom. The Hall–Kier alpha value is -5.06. The number of thiophene rings is 1. The Morgan fingerprint density at radius 3 is 1.68 bits per heavy atom. The van der Waals surface area contributed by atoms with Crippen molar-refractivity contribution in [1.29, 1.82) is 0 Å². The number of fused-ring (bicyclic) bond motifs is 10. The van der Waals surface area contributed by atoms with Gasteiger partial charge in [-0.2, -0.15) is 0 Å². The van der Waals surface area contributed by atoms with E-state index < -0.39 is 0 Å². The fraction of sp³-hybridized carbons (Fsp3) is 0.415. The second-order valence-electron chi connectivity index (χ2n) is 27.2. The van der Waals surface area contributed by atoms with Gasteiger partial charge < -0.3 is 9.80 Å². The summed E-state index contributed by atoms with van der Waals surface area (Å²) in [5.74, 6) is 0. The van der Waals surface area contributed by atoms with Gasteiger partial charge in [-0.1, -0.05) is 171 Å². The van der Waals surface area contributed by atoms with Gasteiger partial charge in [0, 0.05) is 42.9 Å². The number of benzene rings is 6. The Kier molecular flexibility index (Phi) is 9.21. The van der Waals surface area contributed by atoms with Crippen LogP contribution in [0.25, 0.3) is 21.2 Å². The van der Waals surface area contributed by atoms with Crippen LogP contribution in [0.3, 0.4) is 0 Å². The smallest absolute Gasteiger partial charge is 0.264 e. The standard InChI is InChI=1S/C65H73BN2S/c1-59(2,3)39-22-26-49(42(32-39)38-20-18-17-19-21-38)67-51-34-41(61(7,8)9)35-52-55(51)66(58-56(67)43-33-40(60(4,5)6)23-27-53(43)69-58)48-25-24-44-54-57(48)68(52)50-37-46-45(63(12,13)28-29-64(46,14)15)36-47(50)65(54,16)31-30-62(44,10)11/h17-27,32-37H,28-31H2,1-16H3. The molecule has 0 fully saturated rings. The average molecular weight is 925 g/mol. The van der Waals surface area contributed by atoms with Crippen LogP contribution in [0.5, 0.6) is 0 Å². The van der Waals surface area contributed by atoms with Gasteiger partial charge in [0.25, 0.3) is 6.71 Å². The second-order valence-corrected chi connectivity index (χ2v) is 28.3. The van der Waals surface area contributed by atoms with Crippen LogP contribution in [0.1, 0.15) is 181 Å². The zero-order valence-electron chi connectivity index (χ0n) is 44.5. The van der Waals surface area contributed by atoms with Crippen LogP contribution in [-0.4, -0.2) is 6.71 Å². The van der Waals surface area contributed by atoms with Crippen LogP contribution in [0.15, 0.2) is 103 Å². The van der Waals surface area contributed by atoms with E-state index in [-0.39, 0.29) is 44.6 Å². The molecule has 0 spiro atoms. The molecule has 69 heavy (non-hydrogen) atoms. The molecule has 3 aliphatic heterocycles. The minimum Gasteiger partial charge on any atom is -0.311 e. The van der Waals surface area contributed by atoms with Gasteiger partial charge in [0.2, 0.25) is 0 Å². The molecule has 5 aliphatic rings. The summed E-state index contributed by atoms with van der Waals surface area (Å²) < 4.78 is 2.82. The number of nitrogens with zero attached hydrogens (tertiary/aromatic N) is 2. The van der Waals surface area contributed by atoms with E-state index in [1.165, 1.54) is 124 Å². The first-order valence-corrected chi connectivity index (χ1v) is 27.0. The molecule has 1 atom stereocenters. The van der Waals surface area contributed by atoms with Gasteiger partial charge in [-0.3, -0.25) is 0 Å². The lowest BCUT2D eigenvalue weighted by Gasteiger charge is -2.55. The second kappa shape index (κ2) is 14.1. The minimum atomic E-state index is -0.124. The van der Waals surface area contributed by atoms with Crippen LogP contribution in [0.4, 0.5) is 34.1 Å². The van der Waals surface area contributed by atoms with Gasteiger partial charge in [-0.25, -0.2) is 0 Å². The highest BCUT2D eigenvalue weighted by molar-refractivity contribution is 7.33. The molecule has 2 aliphatic carbocycles. The van der Waals surface area contributed by atoms with Crippen molar-refractivity contribution in [1.82, 2.24) is 0 Å². The highest BCUT2D eigenvalue weighted by atomic mass is 32.1. The normalized spacial score (nSPS) is 20.3. The molecule has 0 radical (unpaired) electrons. The van der Waals surface area contributed by atoms with Crippen molar-refractivity contribution < 1.29 is 0 Å². The van der Waals surface area contributed by atoms with E-state index in [4.69, 9.17) is 0 Å². The summed E-state index contributed by atoms with van der Waals surface area (Å²) in [6.45, 7) is 39.2. The van der Waals surface area contributed by atoms with Gasteiger partial charge in [0.15, 0.2) is 0 Å². The van der Waals surface area contributed by atoms with Crippen molar-refractivity contribution in [2.24, 2.45) is 0 Å². The lowest BCUT2D eigenvalue weighted by molar-refractivity contribution is 0.327. The van der Waals surface area contributed by atoms with E-state index in [1.54, 1.807) is 11.1 Å². The van der Waals surface area contributed by atoms with Crippen LogP contribution >= 0.6 is 11.3 Å². The van der Waals surface area contributed by atoms with E-state index in [2.05, 4.69) is 224 Å². The van der Waals surface area contributed by atoms with Crippen molar-refractivity contribution in [3.8, 4) is 11.1 Å². The van der Waals surface area contributed by atoms with Crippen molar-refractivity contribution in [2.75, 3.05) is 9.80 Å². The van der Waals surface area contributed by atoms with Gasteiger partial charge in [-0.15, -0.1) is 11.3 Å². The molecule has 1 unspecified atom stereocenters.